The van der Waals surface area contributed by atoms with Crippen LogP contribution in [0.2, 0.25) is 0 Å². The van der Waals surface area contributed by atoms with Crippen molar-refractivity contribution in [3.8, 4) is 0 Å². The fourth-order valence-corrected chi connectivity index (χ4v) is 2.45. The zero-order valence-electron chi connectivity index (χ0n) is 10.6. The number of nitrogens with one attached hydrogen (secondary N) is 2. The summed E-state index contributed by atoms with van der Waals surface area (Å²) in [5.41, 5.74) is 0.797. The van der Waals surface area contributed by atoms with Crippen molar-refractivity contribution >= 4 is 17.3 Å². The van der Waals surface area contributed by atoms with Gasteiger partial charge in [-0.25, -0.2) is 0 Å². The van der Waals surface area contributed by atoms with Gasteiger partial charge in [0.15, 0.2) is 5.60 Å². The summed E-state index contributed by atoms with van der Waals surface area (Å²) >= 11 is 0. The lowest BCUT2D eigenvalue weighted by molar-refractivity contribution is -0.110. The number of carbonyl (C=O) groups is 1. The largest absolute Gasteiger partial charge is 0.387 e. The summed E-state index contributed by atoms with van der Waals surface area (Å²) in [7, 11) is 0. The Kier molecular flexibility index (Phi) is 3.16. The number of anilines is 1. The Hall–Kier alpha value is -1.95. The third kappa shape index (κ3) is 2.58. The quantitative estimate of drug-likeness (QED) is 0.829. The van der Waals surface area contributed by atoms with Crippen molar-refractivity contribution in [2.75, 3.05) is 18.4 Å². The zero-order chi connectivity index (χ0) is 13.1. The minimum atomic E-state index is -0.320. The van der Waals surface area contributed by atoms with E-state index in [1.54, 1.807) is 24.5 Å². The Morgan fingerprint density at radius 1 is 1.53 bits per heavy atom. The fraction of sp³-hybridized carbons (Fsp3) is 0.462. The maximum absolute atomic E-state index is 12.1. The van der Waals surface area contributed by atoms with E-state index in [0.29, 0.717) is 17.8 Å². The molecule has 1 aromatic heterocycles. The van der Waals surface area contributed by atoms with Crippen molar-refractivity contribution < 1.29 is 9.63 Å². The summed E-state index contributed by atoms with van der Waals surface area (Å²) in [5.74, 6) is -0.213. The van der Waals surface area contributed by atoms with Crippen LogP contribution in [0.1, 0.15) is 19.3 Å². The number of amides is 1. The zero-order valence-corrected chi connectivity index (χ0v) is 10.6. The van der Waals surface area contributed by atoms with Crippen LogP contribution in [0.4, 0.5) is 5.69 Å². The Morgan fingerprint density at radius 2 is 2.47 bits per heavy atom. The van der Waals surface area contributed by atoms with Crippen LogP contribution in [0.15, 0.2) is 29.7 Å². The number of hydrogen-bond donors (Lipinski definition) is 2. The molecule has 1 saturated heterocycles. The van der Waals surface area contributed by atoms with E-state index in [1.807, 2.05) is 0 Å². The Morgan fingerprint density at radius 3 is 3.21 bits per heavy atom. The fourth-order valence-electron chi connectivity index (χ4n) is 2.45. The molecule has 2 aliphatic heterocycles. The van der Waals surface area contributed by atoms with Crippen molar-refractivity contribution in [3.63, 3.8) is 0 Å². The molecule has 3 heterocycles. The van der Waals surface area contributed by atoms with Crippen LogP contribution >= 0.6 is 0 Å². The van der Waals surface area contributed by atoms with Crippen molar-refractivity contribution in [1.29, 1.82) is 0 Å². The smallest absolute Gasteiger partial charge is 0.273 e. The van der Waals surface area contributed by atoms with Crippen LogP contribution in [0.3, 0.4) is 0 Å². The van der Waals surface area contributed by atoms with Gasteiger partial charge in [0.05, 0.1) is 11.9 Å². The van der Waals surface area contributed by atoms with Crippen LogP contribution in [0.25, 0.3) is 0 Å². The van der Waals surface area contributed by atoms with Gasteiger partial charge in [-0.15, -0.1) is 0 Å². The molecule has 100 valence electrons. The van der Waals surface area contributed by atoms with Gasteiger partial charge in [0, 0.05) is 19.2 Å². The number of aromatic nitrogens is 1. The van der Waals surface area contributed by atoms with E-state index in [-0.39, 0.29) is 11.5 Å². The number of oxime groups is 1. The van der Waals surface area contributed by atoms with Crippen molar-refractivity contribution in [2.45, 2.75) is 24.9 Å². The third-order valence-corrected chi connectivity index (χ3v) is 3.45. The van der Waals surface area contributed by atoms with Crippen molar-refractivity contribution in [2.24, 2.45) is 5.16 Å². The Labute approximate surface area is 111 Å². The van der Waals surface area contributed by atoms with Crippen LogP contribution < -0.4 is 10.6 Å². The highest BCUT2D eigenvalue weighted by Gasteiger charge is 2.42. The number of rotatable bonds is 2. The van der Waals surface area contributed by atoms with Gasteiger partial charge in [0.25, 0.3) is 5.91 Å². The standard InChI is InChI=1S/C13H16N4O2/c18-12(16-10-3-1-5-14-8-10)11-7-13(19-17-11)4-2-6-15-9-13/h1,3,5,8,15H,2,4,6-7,9H2,(H,16,18). The topological polar surface area (TPSA) is 75.6 Å². The molecule has 1 atom stereocenters. The monoisotopic (exact) mass is 260 g/mol. The predicted octanol–water partition coefficient (Wildman–Crippen LogP) is 0.919. The van der Waals surface area contributed by atoms with Crippen LogP contribution in [0, 0.1) is 0 Å². The van der Waals surface area contributed by atoms with Gasteiger partial charge in [-0.2, -0.15) is 0 Å². The summed E-state index contributed by atoms with van der Waals surface area (Å²) in [4.78, 5) is 21.5. The van der Waals surface area contributed by atoms with Crippen LogP contribution in [-0.2, 0) is 9.63 Å². The number of pyridine rings is 1. The van der Waals surface area contributed by atoms with E-state index < -0.39 is 0 Å². The summed E-state index contributed by atoms with van der Waals surface area (Å²) in [6.07, 6.45) is 5.81. The second-order valence-electron chi connectivity index (χ2n) is 4.97. The van der Waals surface area contributed by atoms with Gasteiger partial charge in [-0.3, -0.25) is 9.78 Å². The van der Waals surface area contributed by atoms with E-state index in [1.165, 1.54) is 0 Å². The molecular weight excluding hydrogens is 244 g/mol. The highest BCUT2D eigenvalue weighted by atomic mass is 16.7. The molecule has 0 aromatic carbocycles. The van der Waals surface area contributed by atoms with Crippen LogP contribution in [-0.4, -0.2) is 35.3 Å². The van der Waals surface area contributed by atoms with Gasteiger partial charge in [0.2, 0.25) is 0 Å². The molecule has 1 amide bonds. The van der Waals surface area contributed by atoms with Crippen molar-refractivity contribution in [1.82, 2.24) is 10.3 Å². The van der Waals surface area contributed by atoms with Crippen molar-refractivity contribution in [3.05, 3.63) is 24.5 Å². The number of carbonyl (C=O) groups excluding carboxylic acids is 1. The Balaban J connectivity index is 1.63. The number of hydrogen-bond acceptors (Lipinski definition) is 5. The van der Waals surface area contributed by atoms with E-state index in [9.17, 15) is 4.79 Å². The minimum Gasteiger partial charge on any atom is -0.387 e. The minimum absolute atomic E-state index is 0.213. The maximum atomic E-state index is 12.1. The first kappa shape index (κ1) is 12.1. The molecule has 0 radical (unpaired) electrons. The average molecular weight is 260 g/mol. The first-order chi connectivity index (χ1) is 9.27. The molecule has 6 nitrogen and oxygen atoms in total. The number of piperidine rings is 1. The lowest BCUT2D eigenvalue weighted by Gasteiger charge is -2.30. The molecule has 1 fully saturated rings. The SMILES string of the molecule is O=C(Nc1cccnc1)C1=NOC2(CCCNC2)C1. The van der Waals surface area contributed by atoms with E-state index in [2.05, 4.69) is 20.8 Å². The first-order valence-corrected chi connectivity index (χ1v) is 6.45. The number of nitrogens with zero attached hydrogens (tertiary/aromatic N) is 2. The molecule has 6 heteroatoms. The van der Waals surface area contributed by atoms with Gasteiger partial charge in [0.1, 0.15) is 5.71 Å². The molecular formula is C13H16N4O2. The van der Waals surface area contributed by atoms with E-state index >= 15 is 0 Å². The lowest BCUT2D eigenvalue weighted by Crippen LogP contribution is -2.46. The summed E-state index contributed by atoms with van der Waals surface area (Å²) < 4.78 is 0. The molecule has 2 N–H and O–H groups in total. The molecule has 3 rings (SSSR count). The van der Waals surface area contributed by atoms with Gasteiger partial charge < -0.3 is 15.5 Å². The predicted molar refractivity (Wildman–Crippen MR) is 70.8 cm³/mol. The molecule has 0 aliphatic carbocycles. The molecule has 2 aliphatic rings. The molecule has 1 unspecified atom stereocenters. The highest BCUT2D eigenvalue weighted by molar-refractivity contribution is 6.43. The van der Waals surface area contributed by atoms with E-state index in [0.717, 1.165) is 25.9 Å². The highest BCUT2D eigenvalue weighted by Crippen LogP contribution is 2.30. The van der Waals surface area contributed by atoms with E-state index in [4.69, 9.17) is 4.84 Å². The normalized spacial score (nSPS) is 25.8. The first-order valence-electron chi connectivity index (χ1n) is 6.45. The average Bonchev–Trinajstić information content (AvgIpc) is 2.85. The molecule has 19 heavy (non-hydrogen) atoms. The molecule has 0 saturated carbocycles. The second kappa shape index (κ2) is 4.97. The van der Waals surface area contributed by atoms with Crippen LogP contribution in [0.5, 0.6) is 0 Å². The lowest BCUT2D eigenvalue weighted by atomic mass is 9.89. The Bertz CT molecular complexity index is 495. The third-order valence-electron chi connectivity index (χ3n) is 3.45. The molecule has 1 aromatic rings. The van der Waals surface area contributed by atoms with Gasteiger partial charge in [-0.05, 0) is 31.5 Å². The van der Waals surface area contributed by atoms with Gasteiger partial charge >= 0.3 is 0 Å². The maximum Gasteiger partial charge on any atom is 0.273 e. The molecule has 1 spiro atoms. The summed E-state index contributed by atoms with van der Waals surface area (Å²) in [5, 5.41) is 10.0. The van der Waals surface area contributed by atoms with Gasteiger partial charge in [-0.1, -0.05) is 5.16 Å². The summed E-state index contributed by atoms with van der Waals surface area (Å²) in [6.45, 7) is 1.75. The second-order valence-corrected chi connectivity index (χ2v) is 4.97. The molecule has 0 bridgehead atoms. The summed E-state index contributed by atoms with van der Waals surface area (Å²) in [6, 6.07) is 3.56.